The van der Waals surface area contributed by atoms with Crippen molar-refractivity contribution in [1.82, 2.24) is 0 Å². The van der Waals surface area contributed by atoms with E-state index < -0.39 is 0 Å². The Balaban J connectivity index is 1.24. The van der Waals surface area contributed by atoms with E-state index in [9.17, 15) is 0 Å². The summed E-state index contributed by atoms with van der Waals surface area (Å²) in [6.45, 7) is 13.0. The van der Waals surface area contributed by atoms with Crippen molar-refractivity contribution in [3.63, 3.8) is 0 Å². The van der Waals surface area contributed by atoms with Gasteiger partial charge >= 0.3 is 0 Å². The highest BCUT2D eigenvalue weighted by Gasteiger charge is 2.32. The van der Waals surface area contributed by atoms with E-state index in [1.165, 1.54) is 33.2 Å². The molecule has 0 aliphatic heterocycles. The summed E-state index contributed by atoms with van der Waals surface area (Å²) in [5, 5.41) is 6.94. The highest BCUT2D eigenvalue weighted by atomic mass is 16.3. The summed E-state index contributed by atoms with van der Waals surface area (Å²) < 4.78 is 6.79. The topological polar surface area (TPSA) is 16.4 Å². The summed E-state index contributed by atoms with van der Waals surface area (Å²) in [4.78, 5) is 2.42. The van der Waals surface area contributed by atoms with Crippen LogP contribution < -0.4 is 15.3 Å². The molecule has 0 unspecified atom stereocenters. The van der Waals surface area contributed by atoms with E-state index in [0.29, 0.717) is 0 Å². The van der Waals surface area contributed by atoms with E-state index in [-0.39, 0.29) is 5.41 Å². The van der Waals surface area contributed by atoms with Gasteiger partial charge in [0.15, 0.2) is 0 Å². The Morgan fingerprint density at radius 3 is 2.29 bits per heavy atom. The predicted molar refractivity (Wildman–Crippen MR) is 235 cm³/mol. The molecule has 7 aromatic rings. The standard InChI is InChI=1S/C53H43NO/c1-5-16-37-17-7-8-18-38(37)31-36-27-29-44(30-28-36)54(43(6-2)35-42-32-41-21-11-13-25-49(41)53(42,3)4)50-26-14-12-22-45(50)46-23-15-24-47-48-33-39-19-9-10-20-40(39)34-51(48)55-52(46)47/h5-13,15-25,27-35H,1-2,14,26H2,3-4H3/b37-16-,38-31+,43-35+. The van der Waals surface area contributed by atoms with E-state index in [2.05, 4.69) is 196 Å². The summed E-state index contributed by atoms with van der Waals surface area (Å²) >= 11 is 0. The second-order valence-corrected chi connectivity index (χ2v) is 15.0. The lowest BCUT2D eigenvalue weighted by Crippen LogP contribution is -2.25. The van der Waals surface area contributed by atoms with Crippen molar-refractivity contribution in [2.75, 3.05) is 4.90 Å². The molecule has 0 amide bonds. The molecule has 0 bridgehead atoms. The minimum absolute atomic E-state index is 0.154. The van der Waals surface area contributed by atoms with Crippen molar-refractivity contribution in [1.29, 1.82) is 0 Å². The van der Waals surface area contributed by atoms with Crippen molar-refractivity contribution >= 4 is 62.2 Å². The van der Waals surface area contributed by atoms with Crippen molar-refractivity contribution in [2.45, 2.75) is 32.1 Å². The zero-order valence-corrected chi connectivity index (χ0v) is 31.4. The summed E-state index contributed by atoms with van der Waals surface area (Å²) in [5.41, 5.74) is 12.2. The SMILES string of the molecule is C=C/C=c1/cccc/c1=C\c1ccc(N(C2=C(c3cccc4c3oc3cc5ccccc5cc34)C=CCC2)/C(C=C)=C/C2=Cc3ccccc3C2(C)C)cc1. The monoisotopic (exact) mass is 709 g/mol. The fourth-order valence-electron chi connectivity index (χ4n) is 8.40. The molecule has 0 saturated heterocycles. The molecule has 0 atom stereocenters. The lowest BCUT2D eigenvalue weighted by Gasteiger charge is -2.33. The lowest BCUT2D eigenvalue weighted by molar-refractivity contribution is 0.653. The van der Waals surface area contributed by atoms with Gasteiger partial charge in [0.2, 0.25) is 0 Å². The Morgan fingerprint density at radius 1 is 0.764 bits per heavy atom. The van der Waals surface area contributed by atoms with Crippen LogP contribution in [0, 0.1) is 0 Å². The van der Waals surface area contributed by atoms with Crippen LogP contribution in [0.5, 0.6) is 0 Å². The first-order chi connectivity index (χ1) is 26.9. The van der Waals surface area contributed by atoms with Crippen LogP contribution in [0.3, 0.4) is 0 Å². The Hall–Kier alpha value is -6.64. The molecule has 0 saturated carbocycles. The smallest absolute Gasteiger partial charge is 0.143 e. The van der Waals surface area contributed by atoms with E-state index in [1.54, 1.807) is 0 Å². The molecule has 0 N–H and O–H groups in total. The summed E-state index contributed by atoms with van der Waals surface area (Å²) in [6.07, 6.45) is 19.2. The van der Waals surface area contributed by atoms with Gasteiger partial charge in [0.05, 0.1) is 0 Å². The van der Waals surface area contributed by atoms with E-state index >= 15 is 0 Å². The molecule has 2 aliphatic carbocycles. The van der Waals surface area contributed by atoms with Gasteiger partial charge in [0.1, 0.15) is 11.2 Å². The van der Waals surface area contributed by atoms with E-state index in [0.717, 1.165) is 73.3 Å². The number of furan rings is 1. The Kier molecular flexibility index (Phi) is 8.67. The lowest BCUT2D eigenvalue weighted by atomic mass is 9.81. The minimum Gasteiger partial charge on any atom is -0.455 e. The number of allylic oxidation sites excluding steroid dienone is 8. The fraction of sp³-hybridized carbons (Fsp3) is 0.0943. The largest absolute Gasteiger partial charge is 0.455 e. The first kappa shape index (κ1) is 34.1. The third kappa shape index (κ3) is 6.10. The number of para-hydroxylation sites is 1. The first-order valence-electron chi connectivity index (χ1n) is 19.1. The van der Waals surface area contributed by atoms with Gasteiger partial charge in [-0.3, -0.25) is 0 Å². The average molecular weight is 710 g/mol. The quantitative estimate of drug-likeness (QED) is 0.146. The molecule has 55 heavy (non-hydrogen) atoms. The van der Waals surface area contributed by atoms with E-state index in [1.807, 2.05) is 12.2 Å². The number of benzene rings is 6. The number of hydrogen-bond acceptors (Lipinski definition) is 2. The number of nitrogens with zero attached hydrogens (tertiary/aromatic N) is 1. The minimum atomic E-state index is -0.154. The molecular formula is C53H43NO. The molecule has 6 aromatic carbocycles. The van der Waals surface area contributed by atoms with Crippen LogP contribution in [0.2, 0.25) is 0 Å². The molecule has 0 spiro atoms. The molecule has 266 valence electrons. The van der Waals surface area contributed by atoms with Gasteiger partial charge in [0.25, 0.3) is 0 Å². The Morgan fingerprint density at radius 2 is 1.51 bits per heavy atom. The summed E-state index contributed by atoms with van der Waals surface area (Å²) in [6, 6.07) is 45.5. The molecule has 2 nitrogen and oxygen atoms in total. The van der Waals surface area contributed by atoms with Crippen LogP contribution in [-0.2, 0) is 5.41 Å². The Bertz CT molecular complexity index is 2920. The number of anilines is 1. The second-order valence-electron chi connectivity index (χ2n) is 15.0. The maximum Gasteiger partial charge on any atom is 0.143 e. The van der Waals surface area contributed by atoms with Crippen LogP contribution in [0.25, 0.3) is 56.5 Å². The zero-order valence-electron chi connectivity index (χ0n) is 31.4. The third-order valence-electron chi connectivity index (χ3n) is 11.3. The zero-order chi connectivity index (χ0) is 37.5. The van der Waals surface area contributed by atoms with Crippen LogP contribution in [0.1, 0.15) is 48.9 Å². The molecule has 1 heterocycles. The first-order valence-corrected chi connectivity index (χ1v) is 19.1. The molecular weight excluding hydrogens is 667 g/mol. The van der Waals surface area contributed by atoms with Crippen LogP contribution >= 0.6 is 0 Å². The second kappa shape index (κ2) is 14.0. The molecule has 0 radical (unpaired) electrons. The fourth-order valence-corrected chi connectivity index (χ4v) is 8.40. The Labute approximate surface area is 323 Å². The van der Waals surface area contributed by atoms with Gasteiger partial charge in [-0.25, -0.2) is 0 Å². The highest BCUT2D eigenvalue weighted by Crippen LogP contribution is 2.45. The molecule has 2 aliphatic rings. The van der Waals surface area contributed by atoms with Gasteiger partial charge < -0.3 is 9.32 Å². The van der Waals surface area contributed by atoms with Gasteiger partial charge in [-0.15, -0.1) is 0 Å². The van der Waals surface area contributed by atoms with Gasteiger partial charge in [-0.05, 0) is 98.8 Å². The predicted octanol–water partition coefficient (Wildman–Crippen LogP) is 12.5. The molecule has 9 rings (SSSR count). The average Bonchev–Trinajstić information content (AvgIpc) is 3.71. The third-order valence-corrected chi connectivity index (χ3v) is 11.3. The van der Waals surface area contributed by atoms with Gasteiger partial charge in [-0.1, -0.05) is 161 Å². The summed E-state index contributed by atoms with van der Waals surface area (Å²) in [7, 11) is 0. The number of hydrogen-bond donors (Lipinski definition) is 0. The number of fused-ring (bicyclic) bond motifs is 5. The van der Waals surface area contributed by atoms with Gasteiger partial charge in [0, 0.05) is 44.4 Å². The summed E-state index contributed by atoms with van der Waals surface area (Å²) in [5.74, 6) is 0. The van der Waals surface area contributed by atoms with Gasteiger partial charge in [-0.2, -0.15) is 0 Å². The molecule has 2 heteroatoms. The molecule has 0 fully saturated rings. The highest BCUT2D eigenvalue weighted by molar-refractivity contribution is 6.12. The van der Waals surface area contributed by atoms with Crippen molar-refractivity contribution in [3.05, 3.63) is 221 Å². The maximum absolute atomic E-state index is 6.79. The van der Waals surface area contributed by atoms with Crippen molar-refractivity contribution in [3.8, 4) is 0 Å². The molecule has 1 aromatic heterocycles. The normalized spacial score (nSPS) is 15.9. The van der Waals surface area contributed by atoms with Crippen LogP contribution in [-0.4, -0.2) is 0 Å². The maximum atomic E-state index is 6.79. The van der Waals surface area contributed by atoms with Crippen LogP contribution in [0.15, 0.2) is 192 Å². The van der Waals surface area contributed by atoms with Crippen molar-refractivity contribution < 1.29 is 4.42 Å². The van der Waals surface area contributed by atoms with Crippen molar-refractivity contribution in [2.24, 2.45) is 0 Å². The van der Waals surface area contributed by atoms with E-state index in [4.69, 9.17) is 4.42 Å². The van der Waals surface area contributed by atoms with Crippen LogP contribution in [0.4, 0.5) is 5.69 Å². The number of rotatable bonds is 8.